The summed E-state index contributed by atoms with van der Waals surface area (Å²) in [5.41, 5.74) is 8.25. The molecule has 0 saturated heterocycles. The maximum atomic E-state index is 9.04. The zero-order valence-corrected chi connectivity index (χ0v) is 17.8. The minimum absolute atomic E-state index is 0.564. The van der Waals surface area contributed by atoms with Crippen LogP contribution in [0.3, 0.4) is 0 Å². The van der Waals surface area contributed by atoms with Gasteiger partial charge in [-0.15, -0.1) is 0 Å². The highest BCUT2D eigenvalue weighted by atomic mass is 15.0. The van der Waals surface area contributed by atoms with Crippen molar-refractivity contribution in [3.8, 4) is 34.1 Å². The summed E-state index contributed by atoms with van der Waals surface area (Å²) in [5, 5.41) is 11.5. The molecule has 3 nitrogen and oxygen atoms in total. The van der Waals surface area contributed by atoms with Crippen molar-refractivity contribution in [2.75, 3.05) is 0 Å². The minimum atomic E-state index is 0.564. The second kappa shape index (κ2) is 7.78. The summed E-state index contributed by atoms with van der Waals surface area (Å²) in [6.45, 7) is 0. The number of para-hydroxylation sites is 2. The third-order valence-electron chi connectivity index (χ3n) is 6.07. The van der Waals surface area contributed by atoms with Crippen LogP contribution in [-0.4, -0.2) is 9.55 Å². The normalized spacial score (nSPS) is 11.0. The van der Waals surface area contributed by atoms with Crippen molar-refractivity contribution in [3.05, 3.63) is 121 Å². The molecule has 2 heterocycles. The largest absolute Gasteiger partial charge is 0.309 e. The summed E-state index contributed by atoms with van der Waals surface area (Å²) in [6, 6.07) is 40.0. The van der Waals surface area contributed by atoms with Gasteiger partial charge < -0.3 is 4.57 Å². The second-order valence-corrected chi connectivity index (χ2v) is 8.04. The highest BCUT2D eigenvalue weighted by Crippen LogP contribution is 2.33. The van der Waals surface area contributed by atoms with Crippen molar-refractivity contribution in [3.63, 3.8) is 0 Å². The fraction of sp³-hybridized carbons (Fsp3) is 0. The smallest absolute Gasteiger partial charge is 0.101 e. The third kappa shape index (κ3) is 3.26. The highest BCUT2D eigenvalue weighted by Gasteiger charge is 2.12. The third-order valence-corrected chi connectivity index (χ3v) is 6.07. The molecule has 0 amide bonds. The zero-order valence-electron chi connectivity index (χ0n) is 17.8. The van der Waals surface area contributed by atoms with Crippen molar-refractivity contribution in [2.24, 2.45) is 0 Å². The minimum Gasteiger partial charge on any atom is -0.309 e. The van der Waals surface area contributed by atoms with Crippen LogP contribution in [0.5, 0.6) is 0 Å². The molecule has 3 heteroatoms. The van der Waals surface area contributed by atoms with Crippen LogP contribution in [0.1, 0.15) is 5.56 Å². The molecule has 0 bridgehead atoms. The summed E-state index contributed by atoms with van der Waals surface area (Å²) < 4.78 is 2.33. The average molecular weight is 422 g/mol. The Bertz CT molecular complexity index is 1610. The van der Waals surface area contributed by atoms with E-state index in [2.05, 4.69) is 113 Å². The fourth-order valence-electron chi connectivity index (χ4n) is 4.51. The van der Waals surface area contributed by atoms with Crippen molar-refractivity contribution >= 4 is 21.8 Å². The van der Waals surface area contributed by atoms with E-state index in [1.54, 1.807) is 12.3 Å². The SMILES string of the molecule is N#Cc1ccc(-c2cccc(-c3cccc(-n4c5ccccc5c5ccccc54)c3)c2)nc1. The van der Waals surface area contributed by atoms with E-state index in [-0.39, 0.29) is 0 Å². The van der Waals surface area contributed by atoms with Crippen LogP contribution < -0.4 is 0 Å². The van der Waals surface area contributed by atoms with Crippen molar-refractivity contribution in [2.45, 2.75) is 0 Å². The zero-order chi connectivity index (χ0) is 22.2. The van der Waals surface area contributed by atoms with Gasteiger partial charge in [0.15, 0.2) is 0 Å². The Labute approximate surface area is 191 Å². The van der Waals surface area contributed by atoms with Crippen LogP contribution in [0.25, 0.3) is 49.9 Å². The molecular weight excluding hydrogens is 402 g/mol. The molecule has 0 atom stereocenters. The number of benzene rings is 4. The summed E-state index contributed by atoms with van der Waals surface area (Å²) >= 11 is 0. The maximum absolute atomic E-state index is 9.04. The summed E-state index contributed by atoms with van der Waals surface area (Å²) in [6.07, 6.45) is 1.62. The molecule has 4 aromatic carbocycles. The number of nitriles is 1. The summed E-state index contributed by atoms with van der Waals surface area (Å²) in [7, 11) is 0. The molecule has 6 rings (SSSR count). The Kier molecular flexibility index (Phi) is 4.49. The predicted molar refractivity (Wildman–Crippen MR) is 134 cm³/mol. The van der Waals surface area contributed by atoms with E-state index in [0.717, 1.165) is 28.1 Å². The second-order valence-electron chi connectivity index (χ2n) is 8.04. The summed E-state index contributed by atoms with van der Waals surface area (Å²) in [4.78, 5) is 4.45. The number of rotatable bonds is 3. The topological polar surface area (TPSA) is 41.6 Å². The molecule has 0 aliphatic heterocycles. The first-order valence-corrected chi connectivity index (χ1v) is 10.9. The lowest BCUT2D eigenvalue weighted by molar-refractivity contribution is 1.18. The molecule has 33 heavy (non-hydrogen) atoms. The fourth-order valence-corrected chi connectivity index (χ4v) is 4.51. The standard InChI is InChI=1S/C30H19N3/c31-19-21-15-16-28(32-20-21)24-9-5-7-22(17-24)23-8-6-10-25(18-23)33-29-13-3-1-11-26(29)27-12-2-4-14-30(27)33/h1-18,20H. The van der Waals surface area contributed by atoms with E-state index in [4.69, 9.17) is 5.26 Å². The lowest BCUT2D eigenvalue weighted by Gasteiger charge is -2.11. The van der Waals surface area contributed by atoms with Crippen LogP contribution >= 0.6 is 0 Å². The number of hydrogen-bond donors (Lipinski definition) is 0. The van der Waals surface area contributed by atoms with Gasteiger partial charge in [0.25, 0.3) is 0 Å². The van der Waals surface area contributed by atoms with Crippen LogP contribution in [0.4, 0.5) is 0 Å². The van der Waals surface area contributed by atoms with Crippen molar-refractivity contribution < 1.29 is 0 Å². The molecule has 0 N–H and O–H groups in total. The van der Waals surface area contributed by atoms with E-state index >= 15 is 0 Å². The van der Waals surface area contributed by atoms with E-state index in [1.807, 2.05) is 6.07 Å². The Morgan fingerprint density at radius 3 is 1.91 bits per heavy atom. The Morgan fingerprint density at radius 2 is 1.24 bits per heavy atom. The molecular formula is C30H19N3. The maximum Gasteiger partial charge on any atom is 0.101 e. The molecule has 0 aliphatic rings. The van der Waals surface area contributed by atoms with Gasteiger partial charge in [0.1, 0.15) is 6.07 Å². The van der Waals surface area contributed by atoms with Gasteiger partial charge in [0.05, 0.1) is 22.3 Å². The van der Waals surface area contributed by atoms with Crippen LogP contribution in [0.15, 0.2) is 115 Å². The Hall–Kier alpha value is -4.68. The first-order valence-electron chi connectivity index (χ1n) is 10.9. The summed E-state index contributed by atoms with van der Waals surface area (Å²) in [5.74, 6) is 0. The first-order chi connectivity index (χ1) is 16.3. The van der Waals surface area contributed by atoms with Crippen LogP contribution in [-0.2, 0) is 0 Å². The lowest BCUT2D eigenvalue weighted by Crippen LogP contribution is -1.94. The predicted octanol–water partition coefficient (Wildman–Crippen LogP) is 7.38. The van der Waals surface area contributed by atoms with E-state index in [0.29, 0.717) is 5.56 Å². The van der Waals surface area contributed by atoms with Crippen molar-refractivity contribution in [1.82, 2.24) is 9.55 Å². The van der Waals surface area contributed by atoms with Gasteiger partial charge in [0, 0.05) is 28.2 Å². The number of pyridine rings is 1. The molecule has 0 aliphatic carbocycles. The molecule has 0 fully saturated rings. The first kappa shape index (κ1) is 19.0. The number of fused-ring (bicyclic) bond motifs is 3. The van der Waals surface area contributed by atoms with E-state index < -0.39 is 0 Å². The van der Waals surface area contributed by atoms with Gasteiger partial charge in [-0.2, -0.15) is 5.26 Å². The van der Waals surface area contributed by atoms with E-state index in [9.17, 15) is 0 Å². The molecule has 0 spiro atoms. The quantitative estimate of drug-likeness (QED) is 0.299. The molecule has 6 aromatic rings. The van der Waals surface area contributed by atoms with Gasteiger partial charge in [0.2, 0.25) is 0 Å². The van der Waals surface area contributed by atoms with Gasteiger partial charge >= 0.3 is 0 Å². The Morgan fingerprint density at radius 1 is 0.606 bits per heavy atom. The molecule has 2 aromatic heterocycles. The van der Waals surface area contributed by atoms with Crippen molar-refractivity contribution in [1.29, 1.82) is 5.26 Å². The average Bonchev–Trinajstić information content (AvgIpc) is 3.23. The molecule has 0 radical (unpaired) electrons. The highest BCUT2D eigenvalue weighted by molar-refractivity contribution is 6.09. The number of aromatic nitrogens is 2. The van der Waals surface area contributed by atoms with Gasteiger partial charge in [-0.05, 0) is 53.6 Å². The number of nitrogens with zero attached hydrogens (tertiary/aromatic N) is 3. The van der Waals surface area contributed by atoms with Gasteiger partial charge in [-0.25, -0.2) is 0 Å². The van der Waals surface area contributed by atoms with Crippen LogP contribution in [0.2, 0.25) is 0 Å². The van der Waals surface area contributed by atoms with Crippen LogP contribution in [0, 0.1) is 11.3 Å². The van der Waals surface area contributed by atoms with Gasteiger partial charge in [-0.3, -0.25) is 4.98 Å². The molecule has 0 unspecified atom stereocenters. The van der Waals surface area contributed by atoms with E-state index in [1.165, 1.54) is 21.8 Å². The lowest BCUT2D eigenvalue weighted by atomic mass is 10.0. The number of hydrogen-bond acceptors (Lipinski definition) is 2. The monoisotopic (exact) mass is 421 g/mol. The molecule has 154 valence electrons. The van der Waals surface area contributed by atoms with Gasteiger partial charge in [-0.1, -0.05) is 66.7 Å². The molecule has 0 saturated carbocycles. The Balaban J connectivity index is 1.48.